The van der Waals surface area contributed by atoms with Gasteiger partial charge in [-0.2, -0.15) is 0 Å². The van der Waals surface area contributed by atoms with Crippen LogP contribution in [0.4, 0.5) is 0 Å². The number of carbonyl (C=O) groups is 1. The standard InChI is InChI=1S/C12H19N3OS.2ClH/c1-9-11(17-8-14-9)7-15(2)12(16)10-5-3-4-6-13-10;;/h8,10,13H,3-7H2,1-2H3;2*1H/t10-;;/m1../s1. The van der Waals surface area contributed by atoms with Crippen molar-refractivity contribution >= 4 is 42.1 Å². The Morgan fingerprint density at radius 3 is 2.79 bits per heavy atom. The number of hydrogen-bond donors (Lipinski definition) is 1. The highest BCUT2D eigenvalue weighted by Gasteiger charge is 2.24. The number of rotatable bonds is 3. The Morgan fingerprint density at radius 2 is 2.26 bits per heavy atom. The second kappa shape index (κ2) is 8.74. The molecule has 1 aromatic heterocycles. The molecule has 0 saturated carbocycles. The lowest BCUT2D eigenvalue weighted by Crippen LogP contribution is -2.46. The predicted molar refractivity (Wildman–Crippen MR) is 83.5 cm³/mol. The molecule has 1 aliphatic rings. The number of aryl methyl sites for hydroxylation is 1. The fourth-order valence-corrected chi connectivity index (χ4v) is 2.93. The first-order valence-electron chi connectivity index (χ1n) is 6.06. The first-order valence-corrected chi connectivity index (χ1v) is 6.94. The molecule has 1 aromatic rings. The number of thiazole rings is 1. The van der Waals surface area contributed by atoms with Crippen molar-refractivity contribution in [2.75, 3.05) is 13.6 Å². The molecule has 110 valence electrons. The molecule has 0 radical (unpaired) electrons. The van der Waals surface area contributed by atoms with Crippen LogP contribution in [-0.2, 0) is 11.3 Å². The van der Waals surface area contributed by atoms with E-state index in [1.165, 1.54) is 11.3 Å². The van der Waals surface area contributed by atoms with E-state index in [-0.39, 0.29) is 36.8 Å². The summed E-state index contributed by atoms with van der Waals surface area (Å²) >= 11 is 1.62. The van der Waals surface area contributed by atoms with E-state index in [0.29, 0.717) is 6.54 Å². The third-order valence-electron chi connectivity index (χ3n) is 3.21. The van der Waals surface area contributed by atoms with E-state index in [1.54, 1.807) is 11.3 Å². The van der Waals surface area contributed by atoms with Gasteiger partial charge in [-0.15, -0.1) is 36.2 Å². The molecule has 1 N–H and O–H groups in total. The minimum atomic E-state index is 0. The lowest BCUT2D eigenvalue weighted by Gasteiger charge is -2.27. The summed E-state index contributed by atoms with van der Waals surface area (Å²) < 4.78 is 0. The summed E-state index contributed by atoms with van der Waals surface area (Å²) in [7, 11) is 1.87. The Morgan fingerprint density at radius 1 is 1.53 bits per heavy atom. The monoisotopic (exact) mass is 325 g/mol. The van der Waals surface area contributed by atoms with Gasteiger partial charge in [-0.05, 0) is 26.3 Å². The first kappa shape index (κ1) is 18.6. The number of nitrogens with zero attached hydrogens (tertiary/aromatic N) is 2. The van der Waals surface area contributed by atoms with Crippen LogP contribution in [0.2, 0.25) is 0 Å². The Balaban J connectivity index is 0.00000162. The Hall–Kier alpha value is -0.360. The minimum absolute atomic E-state index is 0. The van der Waals surface area contributed by atoms with Crippen LogP contribution in [0.1, 0.15) is 29.8 Å². The molecule has 2 rings (SSSR count). The number of aromatic nitrogens is 1. The van der Waals surface area contributed by atoms with Gasteiger partial charge in [0.15, 0.2) is 0 Å². The summed E-state index contributed by atoms with van der Waals surface area (Å²) in [5.74, 6) is 0.206. The normalized spacial score (nSPS) is 18.1. The summed E-state index contributed by atoms with van der Waals surface area (Å²) in [6.45, 7) is 3.63. The van der Waals surface area contributed by atoms with Gasteiger partial charge < -0.3 is 10.2 Å². The molecule has 1 aliphatic heterocycles. The highest BCUT2D eigenvalue weighted by atomic mass is 35.5. The summed E-state index contributed by atoms with van der Waals surface area (Å²) in [6, 6.07) is 0.0157. The summed E-state index contributed by atoms with van der Waals surface area (Å²) in [5, 5.41) is 3.29. The molecule has 19 heavy (non-hydrogen) atoms. The highest BCUT2D eigenvalue weighted by Crippen LogP contribution is 2.16. The van der Waals surface area contributed by atoms with Crippen molar-refractivity contribution in [3.63, 3.8) is 0 Å². The smallest absolute Gasteiger partial charge is 0.239 e. The lowest BCUT2D eigenvalue weighted by atomic mass is 10.0. The van der Waals surface area contributed by atoms with Gasteiger partial charge in [0.05, 0.1) is 23.8 Å². The fourth-order valence-electron chi connectivity index (χ4n) is 2.10. The van der Waals surface area contributed by atoms with Gasteiger partial charge in [-0.3, -0.25) is 4.79 Å². The van der Waals surface area contributed by atoms with Crippen molar-refractivity contribution in [1.29, 1.82) is 0 Å². The second-order valence-corrected chi connectivity index (χ2v) is 5.50. The maximum atomic E-state index is 12.2. The van der Waals surface area contributed by atoms with Crippen LogP contribution in [0.3, 0.4) is 0 Å². The molecule has 0 spiro atoms. The van der Waals surface area contributed by atoms with Crippen LogP contribution < -0.4 is 5.32 Å². The number of amides is 1. The average Bonchev–Trinajstić information content (AvgIpc) is 2.75. The minimum Gasteiger partial charge on any atom is -0.339 e. The van der Waals surface area contributed by atoms with E-state index in [1.807, 2.05) is 24.4 Å². The molecule has 1 atom stereocenters. The van der Waals surface area contributed by atoms with Gasteiger partial charge in [0.25, 0.3) is 0 Å². The van der Waals surface area contributed by atoms with E-state index in [2.05, 4.69) is 10.3 Å². The molecule has 0 bridgehead atoms. The van der Waals surface area contributed by atoms with E-state index >= 15 is 0 Å². The number of nitrogens with one attached hydrogen (secondary N) is 1. The van der Waals surface area contributed by atoms with Gasteiger partial charge >= 0.3 is 0 Å². The molecule has 0 aliphatic carbocycles. The quantitative estimate of drug-likeness (QED) is 0.928. The van der Waals surface area contributed by atoms with Crippen LogP contribution >= 0.6 is 36.2 Å². The molecule has 0 aromatic carbocycles. The predicted octanol–water partition coefficient (Wildman–Crippen LogP) is 2.40. The third kappa shape index (κ3) is 4.91. The SMILES string of the molecule is Cc1ncsc1CN(C)C(=O)[C@H]1CCCCN1.Cl.Cl. The maximum Gasteiger partial charge on any atom is 0.239 e. The number of likely N-dealkylation sites (N-methyl/N-ethyl adjacent to an activating group) is 1. The Bertz CT molecular complexity index is 394. The zero-order chi connectivity index (χ0) is 12.3. The molecule has 1 fully saturated rings. The van der Waals surface area contributed by atoms with Gasteiger partial charge in [-0.25, -0.2) is 4.98 Å². The van der Waals surface area contributed by atoms with Crippen molar-refractivity contribution in [3.05, 3.63) is 16.1 Å². The van der Waals surface area contributed by atoms with Crippen molar-refractivity contribution < 1.29 is 4.79 Å². The molecule has 4 nitrogen and oxygen atoms in total. The number of carbonyl (C=O) groups excluding carboxylic acids is 1. The van der Waals surface area contributed by atoms with Crippen LogP contribution in [-0.4, -0.2) is 35.4 Å². The fraction of sp³-hybridized carbons (Fsp3) is 0.667. The Labute approximate surface area is 130 Å². The van der Waals surface area contributed by atoms with Gasteiger partial charge in [0.2, 0.25) is 5.91 Å². The van der Waals surface area contributed by atoms with Gasteiger partial charge in [0, 0.05) is 11.9 Å². The lowest BCUT2D eigenvalue weighted by molar-refractivity contribution is -0.133. The van der Waals surface area contributed by atoms with Crippen molar-refractivity contribution in [2.45, 2.75) is 38.8 Å². The van der Waals surface area contributed by atoms with Crippen LogP contribution in [0.15, 0.2) is 5.51 Å². The molecule has 1 amide bonds. The zero-order valence-corrected chi connectivity index (χ0v) is 13.7. The van der Waals surface area contributed by atoms with Gasteiger partial charge in [0.1, 0.15) is 0 Å². The molecule has 0 unspecified atom stereocenters. The van der Waals surface area contributed by atoms with Crippen LogP contribution in [0.5, 0.6) is 0 Å². The second-order valence-electron chi connectivity index (χ2n) is 4.56. The number of piperidine rings is 1. The van der Waals surface area contributed by atoms with Crippen LogP contribution in [0, 0.1) is 6.92 Å². The van der Waals surface area contributed by atoms with E-state index in [0.717, 1.165) is 25.1 Å². The summed E-state index contributed by atoms with van der Waals surface area (Å²) in [6.07, 6.45) is 3.29. The van der Waals surface area contributed by atoms with Crippen molar-refractivity contribution in [1.82, 2.24) is 15.2 Å². The van der Waals surface area contributed by atoms with Crippen molar-refractivity contribution in [2.24, 2.45) is 0 Å². The third-order valence-corrected chi connectivity index (χ3v) is 4.13. The molecule has 2 heterocycles. The van der Waals surface area contributed by atoms with Crippen LogP contribution in [0.25, 0.3) is 0 Å². The first-order chi connectivity index (χ1) is 8.18. The number of halogens is 2. The molecular formula is C12H21Cl2N3OS. The van der Waals surface area contributed by atoms with Crippen molar-refractivity contribution in [3.8, 4) is 0 Å². The molecule has 7 heteroatoms. The average molecular weight is 326 g/mol. The van der Waals surface area contributed by atoms with Gasteiger partial charge in [-0.1, -0.05) is 6.42 Å². The maximum absolute atomic E-state index is 12.2. The Kier molecular flexibility index (Phi) is 8.57. The summed E-state index contributed by atoms with van der Waals surface area (Å²) in [5.41, 5.74) is 2.87. The number of hydrogen-bond acceptors (Lipinski definition) is 4. The molecular weight excluding hydrogens is 305 g/mol. The van der Waals surface area contributed by atoms with E-state index in [9.17, 15) is 4.79 Å². The van der Waals surface area contributed by atoms with E-state index < -0.39 is 0 Å². The van der Waals surface area contributed by atoms with E-state index in [4.69, 9.17) is 0 Å². The molecule has 1 saturated heterocycles. The topological polar surface area (TPSA) is 45.2 Å². The zero-order valence-electron chi connectivity index (χ0n) is 11.2. The largest absolute Gasteiger partial charge is 0.339 e. The highest BCUT2D eigenvalue weighted by molar-refractivity contribution is 7.09. The summed E-state index contributed by atoms with van der Waals surface area (Å²) in [4.78, 5) is 19.4.